The molecule has 1 aliphatic heterocycles. The number of hydrogen-bond donors (Lipinski definition) is 2. The summed E-state index contributed by atoms with van der Waals surface area (Å²) in [7, 11) is 1.69. The molecule has 9 heteroatoms. The molecule has 186 valence electrons. The minimum atomic E-state index is -0.455. The van der Waals surface area contributed by atoms with Crippen molar-refractivity contribution in [2.45, 2.75) is 18.3 Å². The molecule has 0 unspecified atom stereocenters. The lowest BCUT2D eigenvalue weighted by Crippen LogP contribution is -2.47. The third-order valence-electron chi connectivity index (χ3n) is 6.97. The number of benzene rings is 2. The first-order valence-electron chi connectivity index (χ1n) is 12.3. The minimum Gasteiger partial charge on any atom is -0.495 e. The second kappa shape index (κ2) is 10.4. The smallest absolute Gasteiger partial charge is 0.155 e. The average molecular weight is 486 g/mol. The summed E-state index contributed by atoms with van der Waals surface area (Å²) < 4.78 is 5.79. The number of aromatic nitrogens is 2. The van der Waals surface area contributed by atoms with Crippen LogP contribution >= 0.6 is 0 Å². The highest BCUT2D eigenvalue weighted by Crippen LogP contribution is 2.51. The van der Waals surface area contributed by atoms with Crippen LogP contribution < -0.4 is 20.1 Å². The molecule has 0 radical (unpaired) electrons. The van der Waals surface area contributed by atoms with E-state index in [1.807, 2.05) is 47.5 Å². The molecular weight excluding hydrogens is 454 g/mol. The Morgan fingerprint density at radius 2 is 1.94 bits per heavy atom. The quantitative estimate of drug-likeness (QED) is 0.442. The van der Waals surface area contributed by atoms with Gasteiger partial charge >= 0.3 is 0 Å². The summed E-state index contributed by atoms with van der Waals surface area (Å²) >= 11 is 0. The first-order chi connectivity index (χ1) is 17.7. The Kier molecular flexibility index (Phi) is 6.89. The molecule has 2 heterocycles. The largest absolute Gasteiger partial charge is 0.495 e. The van der Waals surface area contributed by atoms with E-state index in [4.69, 9.17) is 4.74 Å². The lowest BCUT2D eigenvalue weighted by atomic mass is 9.95. The summed E-state index contributed by atoms with van der Waals surface area (Å²) in [6.07, 6.45) is 4.93. The number of nitrogens with zero attached hydrogens (tertiary/aromatic N) is 6. The summed E-state index contributed by atoms with van der Waals surface area (Å²) in [6.45, 7) is 4.46. The highest BCUT2D eigenvalue weighted by Gasteiger charge is 2.47. The predicted molar refractivity (Wildman–Crippen MR) is 139 cm³/mol. The summed E-state index contributed by atoms with van der Waals surface area (Å²) in [4.78, 5) is 13.1. The van der Waals surface area contributed by atoms with Crippen LogP contribution in [0.25, 0.3) is 0 Å². The molecule has 9 nitrogen and oxygen atoms in total. The van der Waals surface area contributed by atoms with Crippen LogP contribution in [0.5, 0.6) is 5.75 Å². The number of hydrazine groups is 1. The van der Waals surface area contributed by atoms with Crippen LogP contribution in [0, 0.1) is 11.3 Å². The molecule has 1 aromatic heterocycles. The summed E-state index contributed by atoms with van der Waals surface area (Å²) in [5.74, 6) is 1.46. The standard InChI is InChI=1S/C27H31N7O2/c1-36-25-18-21(6-7-24(25)33-14-12-32(13-15-33)16-17-35)31-34(26-8-11-29-20-30-26)23-5-3-2-4-22(23)27(19-28)9-10-27/h2-8,11,18,20,31,35H,9-10,12-17H2,1H3. The Labute approximate surface area is 211 Å². The first-order valence-corrected chi connectivity index (χ1v) is 12.3. The van der Waals surface area contributed by atoms with E-state index in [0.717, 1.165) is 67.4 Å². The Balaban J connectivity index is 1.44. The van der Waals surface area contributed by atoms with E-state index in [0.29, 0.717) is 12.4 Å². The Morgan fingerprint density at radius 1 is 1.14 bits per heavy atom. The maximum Gasteiger partial charge on any atom is 0.155 e. The van der Waals surface area contributed by atoms with Crippen molar-refractivity contribution in [3.63, 3.8) is 0 Å². The van der Waals surface area contributed by atoms with Crippen LogP contribution in [0.15, 0.2) is 61.1 Å². The molecule has 1 saturated heterocycles. The highest BCUT2D eigenvalue weighted by atomic mass is 16.5. The number of anilines is 4. The molecular formula is C27H31N7O2. The number of hydrogen-bond acceptors (Lipinski definition) is 9. The van der Waals surface area contributed by atoms with Gasteiger partial charge in [0.1, 0.15) is 12.1 Å². The second-order valence-electron chi connectivity index (χ2n) is 9.16. The number of β-amino-alcohol motifs (C(OH)–C–C–N with tert-alkyl or cyclic N) is 1. The molecule has 2 aromatic carbocycles. The lowest BCUT2D eigenvalue weighted by Gasteiger charge is -2.36. The molecule has 0 atom stereocenters. The Bertz CT molecular complexity index is 1220. The van der Waals surface area contributed by atoms with Crippen molar-refractivity contribution in [1.82, 2.24) is 14.9 Å². The molecule has 2 fully saturated rings. The molecule has 5 rings (SSSR count). The van der Waals surface area contributed by atoms with E-state index < -0.39 is 5.41 Å². The van der Waals surface area contributed by atoms with Gasteiger partial charge in [-0.25, -0.2) is 15.0 Å². The zero-order chi connectivity index (χ0) is 25.0. The fourth-order valence-electron chi connectivity index (χ4n) is 4.79. The Morgan fingerprint density at radius 3 is 2.61 bits per heavy atom. The number of aliphatic hydroxyl groups excluding tert-OH is 1. The van der Waals surface area contributed by atoms with Crippen molar-refractivity contribution in [3.05, 3.63) is 66.6 Å². The summed E-state index contributed by atoms with van der Waals surface area (Å²) in [5, 5.41) is 21.0. The number of nitrogens with one attached hydrogen (secondary N) is 1. The van der Waals surface area contributed by atoms with Gasteiger partial charge in [-0.1, -0.05) is 18.2 Å². The number of para-hydroxylation sites is 1. The van der Waals surface area contributed by atoms with E-state index in [1.54, 1.807) is 13.3 Å². The zero-order valence-electron chi connectivity index (χ0n) is 20.5. The fraction of sp³-hybridized carbons (Fsp3) is 0.370. The second-order valence-corrected chi connectivity index (χ2v) is 9.16. The highest BCUT2D eigenvalue weighted by molar-refractivity contribution is 5.73. The first kappa shape index (κ1) is 23.9. The van der Waals surface area contributed by atoms with E-state index in [1.165, 1.54) is 6.33 Å². The maximum absolute atomic E-state index is 9.89. The third-order valence-corrected chi connectivity index (χ3v) is 6.97. The van der Waals surface area contributed by atoms with Gasteiger partial charge in [0.2, 0.25) is 0 Å². The van der Waals surface area contributed by atoms with E-state index in [2.05, 4.69) is 37.3 Å². The molecule has 3 aromatic rings. The fourth-order valence-corrected chi connectivity index (χ4v) is 4.79. The number of aliphatic hydroxyl groups is 1. The van der Waals surface area contributed by atoms with Gasteiger partial charge in [-0.05, 0) is 36.6 Å². The predicted octanol–water partition coefficient (Wildman–Crippen LogP) is 3.32. The van der Waals surface area contributed by atoms with Gasteiger partial charge in [0, 0.05) is 51.1 Å². The molecule has 1 aliphatic carbocycles. The van der Waals surface area contributed by atoms with Crippen LogP contribution in [0.2, 0.25) is 0 Å². The zero-order valence-corrected chi connectivity index (χ0v) is 20.5. The van der Waals surface area contributed by atoms with Gasteiger partial charge in [0.15, 0.2) is 5.82 Å². The molecule has 0 bridgehead atoms. The van der Waals surface area contributed by atoms with Crippen LogP contribution in [0.1, 0.15) is 18.4 Å². The molecule has 2 N–H and O–H groups in total. The SMILES string of the molecule is COc1cc(NN(c2ccncn2)c2ccccc2C2(C#N)CC2)ccc1N1CCN(CCO)CC1. The molecule has 0 spiro atoms. The summed E-state index contributed by atoms with van der Waals surface area (Å²) in [6, 6.07) is 18.5. The van der Waals surface area contributed by atoms with Gasteiger partial charge in [-0.15, -0.1) is 0 Å². The number of nitriles is 1. The van der Waals surface area contributed by atoms with Crippen LogP contribution in [0.4, 0.5) is 22.9 Å². The maximum atomic E-state index is 9.89. The van der Waals surface area contributed by atoms with Crippen LogP contribution in [-0.2, 0) is 5.41 Å². The third kappa shape index (κ3) is 4.78. The Hall–Kier alpha value is -3.87. The van der Waals surface area contributed by atoms with E-state index in [-0.39, 0.29) is 6.61 Å². The van der Waals surface area contributed by atoms with Gasteiger partial charge in [0.05, 0.1) is 42.3 Å². The topological polar surface area (TPSA) is 101 Å². The van der Waals surface area contributed by atoms with Gasteiger partial charge in [0.25, 0.3) is 0 Å². The van der Waals surface area contributed by atoms with Crippen LogP contribution in [-0.4, -0.2) is 66.4 Å². The average Bonchev–Trinajstić information content (AvgIpc) is 3.74. The lowest BCUT2D eigenvalue weighted by molar-refractivity contribution is 0.188. The molecule has 2 aliphatic rings. The van der Waals surface area contributed by atoms with Crippen molar-refractivity contribution in [1.29, 1.82) is 5.26 Å². The van der Waals surface area contributed by atoms with E-state index >= 15 is 0 Å². The number of rotatable bonds is 9. The van der Waals surface area contributed by atoms with Crippen molar-refractivity contribution < 1.29 is 9.84 Å². The van der Waals surface area contributed by atoms with Gasteiger partial charge < -0.3 is 14.7 Å². The van der Waals surface area contributed by atoms with Crippen molar-refractivity contribution >= 4 is 22.9 Å². The number of piperazine rings is 1. The van der Waals surface area contributed by atoms with Crippen molar-refractivity contribution in [2.24, 2.45) is 0 Å². The van der Waals surface area contributed by atoms with Gasteiger partial charge in [-0.2, -0.15) is 5.26 Å². The minimum absolute atomic E-state index is 0.186. The van der Waals surface area contributed by atoms with E-state index in [9.17, 15) is 10.4 Å². The molecule has 36 heavy (non-hydrogen) atoms. The van der Waals surface area contributed by atoms with Gasteiger partial charge in [-0.3, -0.25) is 10.3 Å². The monoisotopic (exact) mass is 485 g/mol. The van der Waals surface area contributed by atoms with Crippen molar-refractivity contribution in [2.75, 3.05) is 61.8 Å². The van der Waals surface area contributed by atoms with Crippen molar-refractivity contribution in [3.8, 4) is 11.8 Å². The number of ether oxygens (including phenoxy) is 1. The summed E-state index contributed by atoms with van der Waals surface area (Å²) in [5.41, 5.74) is 6.81. The normalized spacial score (nSPS) is 16.8. The molecule has 0 amide bonds. The number of methoxy groups -OCH3 is 1. The molecule has 1 saturated carbocycles. The van der Waals surface area contributed by atoms with Crippen LogP contribution in [0.3, 0.4) is 0 Å².